The van der Waals surface area contributed by atoms with Gasteiger partial charge >= 0.3 is 0 Å². The molecule has 0 aliphatic carbocycles. The third-order valence-electron chi connectivity index (χ3n) is 7.70. The number of aryl methyl sites for hydroxylation is 1. The molecule has 0 spiro atoms. The molecule has 0 radical (unpaired) electrons. The molecule has 4 aromatic carbocycles. The first kappa shape index (κ1) is 35.8. The predicted molar refractivity (Wildman–Crippen MR) is 188 cm³/mol. The SMILES string of the molecule is CCCCNC(=O)[C@@H](Cc1ccccc1)N(Cc1ccc(Cl)cc1Cl)C(=O)CN(c1ccccc1OC)S(=O)(=O)c1ccc(C)cc1. The van der Waals surface area contributed by atoms with Crippen molar-refractivity contribution in [3.05, 3.63) is 124 Å². The lowest BCUT2D eigenvalue weighted by molar-refractivity contribution is -0.140. The van der Waals surface area contributed by atoms with Crippen LogP contribution in [-0.4, -0.2) is 51.4 Å². The van der Waals surface area contributed by atoms with Gasteiger partial charge in [-0.1, -0.05) is 103 Å². The van der Waals surface area contributed by atoms with Crippen molar-refractivity contribution < 1.29 is 22.7 Å². The summed E-state index contributed by atoms with van der Waals surface area (Å²) < 4.78 is 35.1. The van der Waals surface area contributed by atoms with E-state index in [0.29, 0.717) is 22.2 Å². The van der Waals surface area contributed by atoms with Crippen LogP contribution in [0.1, 0.15) is 36.5 Å². The Bertz CT molecular complexity index is 1770. The van der Waals surface area contributed by atoms with Crippen LogP contribution in [-0.2, 0) is 32.6 Å². The minimum absolute atomic E-state index is 0.00671. The molecule has 0 heterocycles. The summed E-state index contributed by atoms with van der Waals surface area (Å²) in [5.41, 5.74) is 2.44. The molecule has 0 aliphatic heterocycles. The Morgan fingerprint density at radius 1 is 0.915 bits per heavy atom. The summed E-state index contributed by atoms with van der Waals surface area (Å²) >= 11 is 12.8. The zero-order chi connectivity index (χ0) is 34.0. The number of hydrogen-bond donors (Lipinski definition) is 1. The Balaban J connectivity index is 1.84. The van der Waals surface area contributed by atoms with Gasteiger partial charge in [0.25, 0.3) is 10.0 Å². The highest BCUT2D eigenvalue weighted by atomic mass is 35.5. The highest BCUT2D eigenvalue weighted by Gasteiger charge is 2.35. The van der Waals surface area contributed by atoms with Gasteiger partial charge in [0, 0.05) is 29.6 Å². The van der Waals surface area contributed by atoms with E-state index < -0.39 is 28.5 Å². The first-order chi connectivity index (χ1) is 22.5. The lowest BCUT2D eigenvalue weighted by Gasteiger charge is -2.34. The van der Waals surface area contributed by atoms with E-state index in [4.69, 9.17) is 27.9 Å². The van der Waals surface area contributed by atoms with E-state index in [1.807, 2.05) is 44.2 Å². The molecule has 8 nitrogen and oxygen atoms in total. The molecule has 0 unspecified atom stereocenters. The summed E-state index contributed by atoms with van der Waals surface area (Å²) in [6, 6.07) is 26.3. The van der Waals surface area contributed by atoms with Gasteiger partial charge in [0.2, 0.25) is 11.8 Å². The molecule has 0 saturated carbocycles. The molecule has 4 aromatic rings. The maximum atomic E-state index is 14.6. The molecule has 1 atom stereocenters. The van der Waals surface area contributed by atoms with E-state index in [2.05, 4.69) is 5.32 Å². The lowest BCUT2D eigenvalue weighted by atomic mass is 10.0. The largest absolute Gasteiger partial charge is 0.495 e. The number of unbranched alkanes of at least 4 members (excludes halogenated alkanes) is 1. The minimum Gasteiger partial charge on any atom is -0.495 e. The Hall–Kier alpha value is -4.05. The Kier molecular flexibility index (Phi) is 12.7. The van der Waals surface area contributed by atoms with Crippen LogP contribution in [0.5, 0.6) is 5.75 Å². The molecule has 0 bridgehead atoms. The molecule has 4 rings (SSSR count). The summed E-state index contributed by atoms with van der Waals surface area (Å²) in [5, 5.41) is 3.71. The number of rotatable bonds is 15. The van der Waals surface area contributed by atoms with E-state index in [1.54, 1.807) is 54.6 Å². The third-order valence-corrected chi connectivity index (χ3v) is 10.1. The van der Waals surface area contributed by atoms with Gasteiger partial charge in [-0.25, -0.2) is 8.42 Å². The molecular weight excluding hydrogens is 657 g/mol. The quantitative estimate of drug-likeness (QED) is 0.134. The average molecular weight is 697 g/mol. The number of para-hydroxylation sites is 2. The number of carbonyl (C=O) groups excluding carboxylic acids is 2. The van der Waals surface area contributed by atoms with Crippen LogP contribution in [0.3, 0.4) is 0 Å². The number of ether oxygens (including phenoxy) is 1. The maximum absolute atomic E-state index is 14.6. The number of benzene rings is 4. The number of anilines is 1. The first-order valence-electron chi connectivity index (χ1n) is 15.3. The van der Waals surface area contributed by atoms with Crippen LogP contribution in [0.15, 0.2) is 102 Å². The van der Waals surface area contributed by atoms with Crippen LogP contribution < -0.4 is 14.4 Å². The number of nitrogens with zero attached hydrogens (tertiary/aromatic N) is 2. The molecule has 0 fully saturated rings. The van der Waals surface area contributed by atoms with Crippen LogP contribution in [0.25, 0.3) is 0 Å². The smallest absolute Gasteiger partial charge is 0.264 e. The number of methoxy groups -OCH3 is 1. The van der Waals surface area contributed by atoms with E-state index in [1.165, 1.54) is 24.1 Å². The molecule has 2 amide bonds. The summed E-state index contributed by atoms with van der Waals surface area (Å²) in [4.78, 5) is 29.9. The molecule has 0 aromatic heterocycles. The first-order valence-corrected chi connectivity index (χ1v) is 17.5. The van der Waals surface area contributed by atoms with Crippen LogP contribution in [0.4, 0.5) is 5.69 Å². The van der Waals surface area contributed by atoms with E-state index >= 15 is 0 Å². The molecule has 0 saturated heterocycles. The Labute approximate surface area is 287 Å². The molecule has 11 heteroatoms. The monoisotopic (exact) mass is 695 g/mol. The maximum Gasteiger partial charge on any atom is 0.264 e. The normalized spacial score (nSPS) is 11.9. The zero-order valence-electron chi connectivity index (χ0n) is 26.7. The Morgan fingerprint density at radius 2 is 1.60 bits per heavy atom. The molecule has 1 N–H and O–H groups in total. The van der Waals surface area contributed by atoms with Gasteiger partial charge < -0.3 is 15.0 Å². The molecule has 248 valence electrons. The van der Waals surface area contributed by atoms with Crippen molar-refractivity contribution in [2.75, 3.05) is 24.5 Å². The number of hydrogen-bond acceptors (Lipinski definition) is 5. The van der Waals surface area contributed by atoms with Crippen LogP contribution >= 0.6 is 23.2 Å². The van der Waals surface area contributed by atoms with Gasteiger partial charge in [-0.05, 0) is 60.9 Å². The molecule has 0 aliphatic rings. The van der Waals surface area contributed by atoms with Gasteiger partial charge in [-0.15, -0.1) is 0 Å². The van der Waals surface area contributed by atoms with Gasteiger partial charge in [-0.3, -0.25) is 13.9 Å². The summed E-state index contributed by atoms with van der Waals surface area (Å²) in [6.45, 7) is 3.62. The van der Waals surface area contributed by atoms with E-state index in [0.717, 1.165) is 28.3 Å². The topological polar surface area (TPSA) is 96.0 Å². The fraction of sp³-hybridized carbons (Fsp3) is 0.278. The van der Waals surface area contributed by atoms with Crippen molar-refractivity contribution in [1.82, 2.24) is 10.2 Å². The van der Waals surface area contributed by atoms with Crippen molar-refractivity contribution in [2.24, 2.45) is 0 Å². The van der Waals surface area contributed by atoms with Crippen LogP contribution in [0, 0.1) is 6.92 Å². The summed E-state index contributed by atoms with van der Waals surface area (Å²) in [7, 11) is -2.85. The number of halogens is 2. The average Bonchev–Trinajstić information content (AvgIpc) is 3.06. The number of carbonyl (C=O) groups is 2. The van der Waals surface area contributed by atoms with Gasteiger partial charge in [0.05, 0.1) is 17.7 Å². The highest BCUT2D eigenvalue weighted by molar-refractivity contribution is 7.92. The van der Waals surface area contributed by atoms with Crippen molar-refractivity contribution >= 4 is 50.7 Å². The van der Waals surface area contributed by atoms with Crippen molar-refractivity contribution in [2.45, 2.75) is 50.6 Å². The number of nitrogens with one attached hydrogen (secondary N) is 1. The van der Waals surface area contributed by atoms with Gasteiger partial charge in [0.15, 0.2) is 0 Å². The fourth-order valence-corrected chi connectivity index (χ4v) is 6.97. The Morgan fingerprint density at radius 3 is 2.26 bits per heavy atom. The summed E-state index contributed by atoms with van der Waals surface area (Å²) in [6.07, 6.45) is 1.82. The fourth-order valence-electron chi connectivity index (χ4n) is 5.08. The highest BCUT2D eigenvalue weighted by Crippen LogP contribution is 2.33. The third kappa shape index (κ3) is 9.28. The standard InChI is InChI=1S/C36H39Cl2N3O5S/c1-4-5-21-39-36(43)33(22-27-11-7-6-8-12-27)40(24-28-17-18-29(37)23-31(28)38)35(42)25-41(32-13-9-10-14-34(32)46-3)47(44,45)30-19-15-26(2)16-20-30/h6-20,23,33H,4-5,21-22,24-25H2,1-3H3,(H,39,43)/t33-/m1/s1. The van der Waals surface area contributed by atoms with Crippen molar-refractivity contribution in [3.8, 4) is 5.75 Å². The second-order valence-electron chi connectivity index (χ2n) is 11.1. The number of sulfonamides is 1. The van der Waals surface area contributed by atoms with Gasteiger partial charge in [-0.2, -0.15) is 0 Å². The van der Waals surface area contributed by atoms with Crippen molar-refractivity contribution in [1.29, 1.82) is 0 Å². The van der Waals surface area contributed by atoms with Crippen molar-refractivity contribution in [3.63, 3.8) is 0 Å². The van der Waals surface area contributed by atoms with E-state index in [-0.39, 0.29) is 35.2 Å². The van der Waals surface area contributed by atoms with E-state index in [9.17, 15) is 18.0 Å². The van der Waals surface area contributed by atoms with Gasteiger partial charge in [0.1, 0.15) is 18.3 Å². The van der Waals surface area contributed by atoms with Crippen LogP contribution in [0.2, 0.25) is 10.0 Å². The second-order valence-corrected chi connectivity index (χ2v) is 13.8. The second kappa shape index (κ2) is 16.7. The predicted octanol–water partition coefficient (Wildman–Crippen LogP) is 7.06. The molecular formula is C36H39Cl2N3O5S. The zero-order valence-corrected chi connectivity index (χ0v) is 29.0. The molecule has 47 heavy (non-hydrogen) atoms. The minimum atomic E-state index is -4.28. The number of amides is 2. The lowest BCUT2D eigenvalue weighted by Crippen LogP contribution is -2.53. The summed E-state index contributed by atoms with van der Waals surface area (Å²) in [5.74, 6) is -0.698.